The van der Waals surface area contributed by atoms with Gasteiger partial charge in [-0.25, -0.2) is 0 Å². The van der Waals surface area contributed by atoms with Gasteiger partial charge in [-0.05, 0) is 40.0 Å². The van der Waals surface area contributed by atoms with Crippen molar-refractivity contribution in [1.82, 2.24) is 15.1 Å². The van der Waals surface area contributed by atoms with Crippen LogP contribution in [0.15, 0.2) is 0 Å². The highest BCUT2D eigenvalue weighted by Crippen LogP contribution is 2.12. The van der Waals surface area contributed by atoms with Gasteiger partial charge in [-0.1, -0.05) is 6.92 Å². The lowest BCUT2D eigenvalue weighted by molar-refractivity contribution is 0.176. The molecule has 0 aromatic carbocycles. The fourth-order valence-corrected chi connectivity index (χ4v) is 2.35. The lowest BCUT2D eigenvalue weighted by Crippen LogP contribution is -2.46. The minimum Gasteiger partial charge on any atom is -0.305 e. The summed E-state index contributed by atoms with van der Waals surface area (Å²) in [7, 11) is 4.05. The predicted molar refractivity (Wildman–Crippen MR) is 66.2 cm³/mol. The smallest absolute Gasteiger partial charge is 0.108 e. The van der Waals surface area contributed by atoms with Crippen molar-refractivity contribution in [2.75, 3.05) is 40.3 Å². The number of likely N-dealkylation sites (N-methyl/N-ethyl adjacent to an activating group) is 2. The molecular formula is C12H24N4. The summed E-state index contributed by atoms with van der Waals surface area (Å²) < 4.78 is 0. The van der Waals surface area contributed by atoms with Crippen LogP contribution < -0.4 is 5.32 Å². The topological polar surface area (TPSA) is 42.3 Å². The fraction of sp³-hybridized carbons (Fsp3) is 0.917. The number of hydrogen-bond acceptors (Lipinski definition) is 4. The van der Waals surface area contributed by atoms with Gasteiger partial charge in [0.15, 0.2) is 0 Å². The van der Waals surface area contributed by atoms with Crippen molar-refractivity contribution in [3.63, 3.8) is 0 Å². The summed E-state index contributed by atoms with van der Waals surface area (Å²) in [6.07, 6.45) is 2.36. The molecule has 1 fully saturated rings. The van der Waals surface area contributed by atoms with Gasteiger partial charge in [0.25, 0.3) is 0 Å². The molecule has 4 nitrogen and oxygen atoms in total. The number of rotatable bonds is 4. The molecule has 0 aromatic rings. The summed E-state index contributed by atoms with van der Waals surface area (Å²) >= 11 is 0. The minimum absolute atomic E-state index is 0.0440. The molecule has 1 aliphatic rings. The monoisotopic (exact) mass is 224 g/mol. The van der Waals surface area contributed by atoms with Gasteiger partial charge in [0, 0.05) is 19.1 Å². The number of nitrogens with one attached hydrogen (secondary N) is 1. The average Bonchev–Trinajstić information content (AvgIpc) is 2.47. The van der Waals surface area contributed by atoms with Crippen LogP contribution in [0.5, 0.6) is 0 Å². The number of hydrogen-bond donors (Lipinski definition) is 1. The Balaban J connectivity index is 2.57. The number of nitriles is 1. The highest BCUT2D eigenvalue weighted by Gasteiger charge is 2.23. The summed E-state index contributed by atoms with van der Waals surface area (Å²) in [6.45, 7) is 6.49. The molecule has 0 spiro atoms. The maximum Gasteiger partial charge on any atom is 0.108 e. The minimum atomic E-state index is -0.0440. The molecule has 1 heterocycles. The molecule has 92 valence electrons. The fourth-order valence-electron chi connectivity index (χ4n) is 2.35. The zero-order chi connectivity index (χ0) is 12.0. The molecule has 4 heteroatoms. The van der Waals surface area contributed by atoms with E-state index >= 15 is 0 Å². The van der Waals surface area contributed by atoms with Crippen LogP contribution >= 0.6 is 0 Å². The van der Waals surface area contributed by atoms with E-state index in [-0.39, 0.29) is 6.04 Å². The molecule has 0 aliphatic carbocycles. The van der Waals surface area contributed by atoms with Crippen LogP contribution in [0.2, 0.25) is 0 Å². The lowest BCUT2D eigenvalue weighted by Gasteiger charge is -2.31. The molecule has 0 radical (unpaired) electrons. The van der Waals surface area contributed by atoms with Crippen molar-refractivity contribution in [2.45, 2.75) is 31.8 Å². The van der Waals surface area contributed by atoms with Crippen LogP contribution in [0.1, 0.15) is 19.8 Å². The van der Waals surface area contributed by atoms with E-state index < -0.39 is 0 Å². The Morgan fingerprint density at radius 2 is 2.25 bits per heavy atom. The van der Waals surface area contributed by atoms with Gasteiger partial charge in [-0.15, -0.1) is 0 Å². The standard InChI is InChI=1S/C12H24N4/c1-4-12-10-15(3)6-5-7-16(12)9-11(8-13)14-2/h11-12,14H,4-7,9-10H2,1-3H3. The first-order valence-electron chi connectivity index (χ1n) is 6.20. The maximum absolute atomic E-state index is 8.99. The first-order valence-corrected chi connectivity index (χ1v) is 6.20. The largest absolute Gasteiger partial charge is 0.305 e. The maximum atomic E-state index is 8.99. The van der Waals surface area contributed by atoms with Crippen LogP contribution in [0.4, 0.5) is 0 Å². The molecule has 1 rings (SSSR count). The summed E-state index contributed by atoms with van der Waals surface area (Å²) in [5, 5.41) is 12.0. The van der Waals surface area contributed by atoms with E-state index in [9.17, 15) is 0 Å². The normalized spacial score (nSPS) is 26.0. The van der Waals surface area contributed by atoms with Crippen molar-refractivity contribution >= 4 is 0 Å². The summed E-state index contributed by atoms with van der Waals surface area (Å²) in [5.74, 6) is 0. The molecule has 1 aliphatic heterocycles. The molecule has 16 heavy (non-hydrogen) atoms. The summed E-state index contributed by atoms with van der Waals surface area (Å²) in [6, 6.07) is 2.86. The zero-order valence-corrected chi connectivity index (χ0v) is 10.7. The molecule has 0 aromatic heterocycles. The molecular weight excluding hydrogens is 200 g/mol. The summed E-state index contributed by atoms with van der Waals surface area (Å²) in [4.78, 5) is 4.86. The first-order chi connectivity index (χ1) is 7.71. The SMILES string of the molecule is CCC1CN(C)CCCN1CC(C#N)NC. The van der Waals surface area contributed by atoms with E-state index in [1.54, 1.807) is 0 Å². The van der Waals surface area contributed by atoms with Crippen LogP contribution in [0, 0.1) is 11.3 Å². The van der Waals surface area contributed by atoms with Crippen LogP contribution in [-0.2, 0) is 0 Å². The Bertz CT molecular complexity index is 236. The van der Waals surface area contributed by atoms with Crippen LogP contribution in [0.25, 0.3) is 0 Å². The molecule has 2 atom stereocenters. The van der Waals surface area contributed by atoms with Gasteiger partial charge in [0.1, 0.15) is 6.04 Å². The number of nitrogens with zero attached hydrogens (tertiary/aromatic N) is 3. The van der Waals surface area contributed by atoms with E-state index in [0.717, 1.165) is 26.1 Å². The van der Waals surface area contributed by atoms with Crippen LogP contribution in [-0.4, -0.2) is 62.2 Å². The third kappa shape index (κ3) is 3.75. The highest BCUT2D eigenvalue weighted by molar-refractivity contribution is 4.93. The van der Waals surface area contributed by atoms with Crippen molar-refractivity contribution < 1.29 is 0 Å². The molecule has 1 saturated heterocycles. The van der Waals surface area contributed by atoms with Crippen molar-refractivity contribution in [3.05, 3.63) is 0 Å². The Morgan fingerprint density at radius 3 is 2.81 bits per heavy atom. The van der Waals surface area contributed by atoms with E-state index in [1.807, 2.05) is 7.05 Å². The summed E-state index contributed by atoms with van der Waals surface area (Å²) in [5.41, 5.74) is 0. The van der Waals surface area contributed by atoms with Gasteiger partial charge in [-0.2, -0.15) is 5.26 Å². The second kappa shape index (κ2) is 6.85. The molecule has 0 bridgehead atoms. The van der Waals surface area contributed by atoms with Gasteiger partial charge in [0.05, 0.1) is 6.07 Å². The molecule has 0 saturated carbocycles. The Labute approximate surface area is 99.2 Å². The quantitative estimate of drug-likeness (QED) is 0.756. The molecule has 2 unspecified atom stereocenters. The third-order valence-electron chi connectivity index (χ3n) is 3.42. The zero-order valence-electron chi connectivity index (χ0n) is 10.7. The first kappa shape index (κ1) is 13.4. The van der Waals surface area contributed by atoms with E-state index in [1.165, 1.54) is 13.0 Å². The van der Waals surface area contributed by atoms with E-state index in [2.05, 4.69) is 35.2 Å². The highest BCUT2D eigenvalue weighted by atomic mass is 15.2. The predicted octanol–water partition coefficient (Wildman–Crippen LogP) is 0.514. The lowest BCUT2D eigenvalue weighted by atomic mass is 10.1. The second-order valence-electron chi connectivity index (χ2n) is 4.64. The van der Waals surface area contributed by atoms with Crippen LogP contribution in [0.3, 0.4) is 0 Å². The molecule has 1 N–H and O–H groups in total. The Hall–Kier alpha value is -0.630. The van der Waals surface area contributed by atoms with Gasteiger partial charge >= 0.3 is 0 Å². The van der Waals surface area contributed by atoms with Gasteiger partial charge < -0.3 is 10.2 Å². The van der Waals surface area contributed by atoms with Gasteiger partial charge in [-0.3, -0.25) is 4.90 Å². The van der Waals surface area contributed by atoms with E-state index in [4.69, 9.17) is 5.26 Å². The van der Waals surface area contributed by atoms with Crippen molar-refractivity contribution in [1.29, 1.82) is 5.26 Å². The Kier molecular flexibility index (Phi) is 5.75. The van der Waals surface area contributed by atoms with Crippen molar-refractivity contribution in [2.24, 2.45) is 0 Å². The van der Waals surface area contributed by atoms with Gasteiger partial charge in [0.2, 0.25) is 0 Å². The molecule has 0 amide bonds. The third-order valence-corrected chi connectivity index (χ3v) is 3.42. The average molecular weight is 224 g/mol. The van der Waals surface area contributed by atoms with Crippen molar-refractivity contribution in [3.8, 4) is 6.07 Å². The Morgan fingerprint density at radius 1 is 1.50 bits per heavy atom. The van der Waals surface area contributed by atoms with E-state index in [0.29, 0.717) is 6.04 Å². The second-order valence-corrected chi connectivity index (χ2v) is 4.64.